The van der Waals surface area contributed by atoms with Crippen LogP contribution in [0.5, 0.6) is 5.75 Å². The summed E-state index contributed by atoms with van der Waals surface area (Å²) in [6, 6.07) is 7.55. The van der Waals surface area contributed by atoms with E-state index in [9.17, 15) is 4.79 Å². The second kappa shape index (κ2) is 10.5. The molecule has 170 valence electrons. The minimum absolute atomic E-state index is 0.285. The number of hydrogen-bond acceptors (Lipinski definition) is 10. The Kier molecular flexibility index (Phi) is 7.28. The third-order valence-electron chi connectivity index (χ3n) is 4.95. The fourth-order valence-electron chi connectivity index (χ4n) is 3.27. The molecule has 0 unspecified atom stereocenters. The predicted molar refractivity (Wildman–Crippen MR) is 116 cm³/mol. The molecule has 0 saturated carbocycles. The Morgan fingerprint density at radius 2 is 2.00 bits per heavy atom. The lowest BCUT2D eigenvalue weighted by Crippen LogP contribution is -2.35. The summed E-state index contributed by atoms with van der Waals surface area (Å²) < 4.78 is 12.5. The van der Waals surface area contributed by atoms with E-state index < -0.39 is 6.16 Å². The van der Waals surface area contributed by atoms with Crippen LogP contribution >= 0.6 is 11.3 Å². The first kappa shape index (κ1) is 22.2. The van der Waals surface area contributed by atoms with Crippen molar-refractivity contribution in [2.75, 3.05) is 19.7 Å². The Hall–Kier alpha value is -3.05. The van der Waals surface area contributed by atoms with Crippen LogP contribution in [0.15, 0.2) is 36.0 Å². The summed E-state index contributed by atoms with van der Waals surface area (Å²) in [4.78, 5) is 21.7. The number of tetrazole rings is 1. The zero-order valence-electron chi connectivity index (χ0n) is 18.1. The summed E-state index contributed by atoms with van der Waals surface area (Å²) in [6.07, 6.45) is 2.67. The van der Waals surface area contributed by atoms with Crippen LogP contribution in [0.4, 0.5) is 4.79 Å². The lowest BCUT2D eigenvalue weighted by molar-refractivity contribution is -0.140. The van der Waals surface area contributed by atoms with E-state index in [1.807, 2.05) is 43.5 Å². The molecule has 10 nitrogen and oxygen atoms in total. The highest BCUT2D eigenvalue weighted by Gasteiger charge is 2.25. The third-order valence-corrected chi connectivity index (χ3v) is 6.00. The zero-order chi connectivity index (χ0) is 22.3. The molecule has 3 heterocycles. The van der Waals surface area contributed by atoms with Crippen LogP contribution in [-0.4, -0.2) is 56.1 Å². The average Bonchev–Trinajstić information content (AvgIpc) is 3.50. The first-order valence-electron chi connectivity index (χ1n) is 10.6. The number of carbonyl (C=O) groups excluding carboxylic acids is 1. The molecule has 1 aliphatic rings. The number of hydroxylamine groups is 2. The summed E-state index contributed by atoms with van der Waals surface area (Å²) in [5, 5.41) is 15.9. The average molecular weight is 459 g/mol. The SMILES string of the molecule is CC(C)COC(=O)ON1CCC(c2nc(COc3ccc(-n4cnnn4)cc3)cs2)CC1. The summed E-state index contributed by atoms with van der Waals surface area (Å²) in [6.45, 7) is 6.08. The number of carbonyl (C=O) groups is 1. The number of piperidine rings is 1. The van der Waals surface area contributed by atoms with Crippen molar-refractivity contribution < 1.29 is 19.1 Å². The molecule has 0 spiro atoms. The molecule has 32 heavy (non-hydrogen) atoms. The lowest BCUT2D eigenvalue weighted by atomic mass is 9.99. The minimum Gasteiger partial charge on any atom is -0.487 e. The number of benzene rings is 1. The lowest BCUT2D eigenvalue weighted by Gasteiger charge is -2.29. The molecule has 0 bridgehead atoms. The molecule has 0 amide bonds. The van der Waals surface area contributed by atoms with Crippen molar-refractivity contribution in [3.8, 4) is 11.4 Å². The molecule has 1 aliphatic heterocycles. The second-order valence-electron chi connectivity index (χ2n) is 7.96. The van der Waals surface area contributed by atoms with Gasteiger partial charge in [-0.1, -0.05) is 13.8 Å². The van der Waals surface area contributed by atoms with Crippen LogP contribution in [0, 0.1) is 5.92 Å². The predicted octanol–water partition coefficient (Wildman–Crippen LogP) is 3.60. The van der Waals surface area contributed by atoms with E-state index in [-0.39, 0.29) is 5.92 Å². The van der Waals surface area contributed by atoms with Crippen molar-refractivity contribution in [2.45, 2.75) is 39.2 Å². The molecule has 2 aromatic heterocycles. The zero-order valence-corrected chi connectivity index (χ0v) is 18.9. The molecule has 11 heteroatoms. The maximum absolute atomic E-state index is 11.7. The van der Waals surface area contributed by atoms with E-state index in [1.165, 1.54) is 0 Å². The van der Waals surface area contributed by atoms with Crippen molar-refractivity contribution in [3.05, 3.63) is 46.7 Å². The van der Waals surface area contributed by atoms with Crippen molar-refractivity contribution in [2.24, 2.45) is 5.92 Å². The highest BCUT2D eigenvalue weighted by Crippen LogP contribution is 2.30. The summed E-state index contributed by atoms with van der Waals surface area (Å²) in [5.74, 6) is 1.40. The van der Waals surface area contributed by atoms with Gasteiger partial charge in [0.25, 0.3) is 0 Å². The molecule has 3 aromatic rings. The Morgan fingerprint density at radius 3 is 2.69 bits per heavy atom. The summed E-state index contributed by atoms with van der Waals surface area (Å²) in [5.41, 5.74) is 1.77. The van der Waals surface area contributed by atoms with E-state index >= 15 is 0 Å². The number of thiazole rings is 1. The Bertz CT molecular complexity index is 984. The van der Waals surface area contributed by atoms with Crippen LogP contribution < -0.4 is 4.74 Å². The molecule has 1 aromatic carbocycles. The molecule has 0 aliphatic carbocycles. The number of hydrogen-bond donors (Lipinski definition) is 0. The molecule has 0 atom stereocenters. The summed E-state index contributed by atoms with van der Waals surface area (Å²) >= 11 is 1.65. The van der Waals surface area contributed by atoms with Crippen LogP contribution in [0.25, 0.3) is 5.69 Å². The first-order chi connectivity index (χ1) is 15.6. The largest absolute Gasteiger partial charge is 0.527 e. The fraction of sp³-hybridized carbons (Fsp3) is 0.476. The van der Waals surface area contributed by atoms with E-state index in [1.54, 1.807) is 27.4 Å². The van der Waals surface area contributed by atoms with Gasteiger partial charge in [-0.3, -0.25) is 0 Å². The van der Waals surface area contributed by atoms with Gasteiger partial charge in [0.05, 0.1) is 23.0 Å². The van der Waals surface area contributed by atoms with Gasteiger partial charge in [-0.05, 0) is 53.5 Å². The van der Waals surface area contributed by atoms with Crippen molar-refractivity contribution in [3.63, 3.8) is 0 Å². The maximum atomic E-state index is 11.7. The Labute approximate surface area is 190 Å². The van der Waals surface area contributed by atoms with Gasteiger partial charge in [-0.2, -0.15) is 0 Å². The Balaban J connectivity index is 1.22. The molecule has 0 N–H and O–H groups in total. The third kappa shape index (κ3) is 6.01. The normalized spacial score (nSPS) is 15.1. The smallest absolute Gasteiger partial charge is 0.487 e. The Morgan fingerprint density at radius 1 is 1.22 bits per heavy atom. The monoisotopic (exact) mass is 458 g/mol. The van der Waals surface area contributed by atoms with E-state index in [4.69, 9.17) is 19.3 Å². The van der Waals surface area contributed by atoms with Crippen LogP contribution in [0.1, 0.15) is 43.3 Å². The van der Waals surface area contributed by atoms with Gasteiger partial charge in [0.15, 0.2) is 0 Å². The van der Waals surface area contributed by atoms with Gasteiger partial charge < -0.3 is 14.3 Å². The highest BCUT2D eigenvalue weighted by molar-refractivity contribution is 7.09. The van der Waals surface area contributed by atoms with Crippen molar-refractivity contribution in [1.82, 2.24) is 30.3 Å². The van der Waals surface area contributed by atoms with Gasteiger partial charge >= 0.3 is 6.16 Å². The first-order valence-corrected chi connectivity index (χ1v) is 11.4. The highest BCUT2D eigenvalue weighted by atomic mass is 32.1. The summed E-state index contributed by atoms with van der Waals surface area (Å²) in [7, 11) is 0. The minimum atomic E-state index is -0.628. The van der Waals surface area contributed by atoms with E-state index in [0.717, 1.165) is 35.0 Å². The maximum Gasteiger partial charge on any atom is 0.527 e. The van der Waals surface area contributed by atoms with Crippen molar-refractivity contribution >= 4 is 17.5 Å². The molecule has 4 rings (SSSR count). The molecule has 0 radical (unpaired) electrons. The van der Waals surface area contributed by atoms with Gasteiger partial charge in [0, 0.05) is 24.4 Å². The van der Waals surface area contributed by atoms with Gasteiger partial charge in [0.2, 0.25) is 0 Å². The van der Waals surface area contributed by atoms with Crippen molar-refractivity contribution in [1.29, 1.82) is 0 Å². The van der Waals surface area contributed by atoms with E-state index in [0.29, 0.717) is 32.2 Å². The van der Waals surface area contributed by atoms with Gasteiger partial charge in [-0.25, -0.2) is 14.5 Å². The molecular formula is C21H26N6O4S. The second-order valence-corrected chi connectivity index (χ2v) is 8.85. The topological polar surface area (TPSA) is 104 Å². The van der Waals surface area contributed by atoms with E-state index in [2.05, 4.69) is 15.5 Å². The molecular weight excluding hydrogens is 432 g/mol. The standard InChI is InChI=1S/C21H26N6O4S/c1-15(2)11-30-21(28)31-26-9-7-16(8-10-26)20-23-17(13-32-20)12-29-19-5-3-18(4-6-19)27-14-22-24-25-27/h3-6,13-16H,7-12H2,1-2H3. The van der Waals surface area contributed by atoms with Crippen LogP contribution in [0.3, 0.4) is 0 Å². The van der Waals surface area contributed by atoms with Crippen LogP contribution in [-0.2, 0) is 16.2 Å². The fourth-order valence-corrected chi connectivity index (χ4v) is 4.24. The number of nitrogens with zero attached hydrogens (tertiary/aromatic N) is 6. The molecule has 1 saturated heterocycles. The van der Waals surface area contributed by atoms with Gasteiger partial charge in [0.1, 0.15) is 18.7 Å². The number of rotatable bonds is 8. The van der Waals surface area contributed by atoms with Gasteiger partial charge in [-0.15, -0.1) is 21.5 Å². The number of ether oxygens (including phenoxy) is 2. The molecule has 1 fully saturated rings. The number of aromatic nitrogens is 5. The van der Waals surface area contributed by atoms with Crippen LogP contribution in [0.2, 0.25) is 0 Å². The quantitative estimate of drug-likeness (QED) is 0.468.